The van der Waals surface area contributed by atoms with Gasteiger partial charge in [-0.3, -0.25) is 4.98 Å². The van der Waals surface area contributed by atoms with E-state index in [1.807, 2.05) is 13.8 Å². The summed E-state index contributed by atoms with van der Waals surface area (Å²) in [6.07, 6.45) is -2.59. The van der Waals surface area contributed by atoms with E-state index in [1.165, 1.54) is 0 Å². The van der Waals surface area contributed by atoms with Crippen molar-refractivity contribution in [2.75, 3.05) is 11.9 Å². The fourth-order valence-electron chi connectivity index (χ4n) is 1.29. The molecule has 1 heterocycles. The van der Waals surface area contributed by atoms with Gasteiger partial charge in [0.25, 0.3) is 0 Å². The van der Waals surface area contributed by atoms with Crippen molar-refractivity contribution in [2.45, 2.75) is 39.3 Å². The third-order valence-electron chi connectivity index (χ3n) is 2.39. The Morgan fingerprint density at radius 2 is 1.88 bits per heavy atom. The van der Waals surface area contributed by atoms with E-state index in [9.17, 15) is 13.2 Å². The van der Waals surface area contributed by atoms with E-state index < -0.39 is 12.6 Å². The topological polar surface area (TPSA) is 37.8 Å². The van der Waals surface area contributed by atoms with Crippen molar-refractivity contribution in [1.29, 1.82) is 0 Å². The fraction of sp³-hybridized carbons (Fsp3) is 0.636. The van der Waals surface area contributed by atoms with Crippen LogP contribution in [0.4, 0.5) is 19.0 Å². The fourth-order valence-corrected chi connectivity index (χ4v) is 1.29. The minimum Gasteiger partial charge on any atom is -0.369 e. The second-order valence-electron chi connectivity index (χ2n) is 3.93. The SMILES string of the molecule is Cc1ncc(NCCCCC(F)(F)F)nc1C. The van der Waals surface area contributed by atoms with E-state index in [-0.39, 0.29) is 6.42 Å². The predicted octanol–water partition coefficient (Wildman–Crippen LogP) is 3.24. The van der Waals surface area contributed by atoms with Gasteiger partial charge in [0.05, 0.1) is 17.6 Å². The van der Waals surface area contributed by atoms with E-state index >= 15 is 0 Å². The molecule has 0 bridgehead atoms. The van der Waals surface area contributed by atoms with Gasteiger partial charge in [-0.25, -0.2) is 4.98 Å². The summed E-state index contributed by atoms with van der Waals surface area (Å²) in [6, 6.07) is 0. The van der Waals surface area contributed by atoms with Gasteiger partial charge in [-0.1, -0.05) is 0 Å². The highest BCUT2D eigenvalue weighted by Crippen LogP contribution is 2.22. The van der Waals surface area contributed by atoms with Gasteiger partial charge < -0.3 is 5.32 Å². The largest absolute Gasteiger partial charge is 0.389 e. The zero-order valence-corrected chi connectivity index (χ0v) is 9.93. The average Bonchev–Trinajstić information content (AvgIpc) is 2.21. The highest BCUT2D eigenvalue weighted by molar-refractivity contribution is 5.32. The Morgan fingerprint density at radius 1 is 1.18 bits per heavy atom. The molecule has 0 aromatic carbocycles. The molecule has 0 aliphatic rings. The first-order chi connectivity index (χ1) is 7.88. The number of hydrogen-bond acceptors (Lipinski definition) is 3. The van der Waals surface area contributed by atoms with Crippen LogP contribution in [0.1, 0.15) is 30.7 Å². The number of rotatable bonds is 5. The molecule has 1 aromatic rings. The lowest BCUT2D eigenvalue weighted by molar-refractivity contribution is -0.135. The van der Waals surface area contributed by atoms with Gasteiger partial charge >= 0.3 is 6.18 Å². The van der Waals surface area contributed by atoms with Crippen LogP contribution in [-0.4, -0.2) is 22.7 Å². The molecule has 0 atom stereocenters. The molecule has 3 nitrogen and oxygen atoms in total. The molecule has 0 aliphatic heterocycles. The van der Waals surface area contributed by atoms with E-state index in [0.717, 1.165) is 11.4 Å². The van der Waals surface area contributed by atoms with Gasteiger partial charge in [0.15, 0.2) is 0 Å². The average molecular weight is 247 g/mol. The number of nitrogens with zero attached hydrogens (tertiary/aromatic N) is 2. The van der Waals surface area contributed by atoms with E-state index in [2.05, 4.69) is 15.3 Å². The maximum atomic E-state index is 11.9. The Morgan fingerprint density at radius 3 is 2.47 bits per heavy atom. The first-order valence-electron chi connectivity index (χ1n) is 5.49. The summed E-state index contributed by atoms with van der Waals surface area (Å²) in [6.45, 7) is 4.18. The molecule has 6 heteroatoms. The summed E-state index contributed by atoms with van der Waals surface area (Å²) < 4.78 is 35.6. The summed E-state index contributed by atoms with van der Waals surface area (Å²) in [5, 5.41) is 2.96. The molecular formula is C11H16F3N3. The van der Waals surface area contributed by atoms with Gasteiger partial charge in [-0.05, 0) is 26.7 Å². The maximum Gasteiger partial charge on any atom is 0.389 e. The quantitative estimate of drug-likeness (QED) is 0.812. The third-order valence-corrected chi connectivity index (χ3v) is 2.39. The highest BCUT2D eigenvalue weighted by Gasteiger charge is 2.25. The Bertz CT molecular complexity index is 363. The zero-order chi connectivity index (χ0) is 12.9. The molecule has 0 fully saturated rings. The molecule has 0 amide bonds. The number of aryl methyl sites for hydroxylation is 2. The standard InChI is InChI=1S/C11H16F3N3/c1-8-9(2)17-10(7-16-8)15-6-4-3-5-11(12,13)14/h7H,3-6H2,1-2H3,(H,15,17). The molecule has 17 heavy (non-hydrogen) atoms. The molecule has 0 saturated heterocycles. The van der Waals surface area contributed by atoms with Crippen LogP contribution < -0.4 is 5.32 Å². The second-order valence-corrected chi connectivity index (χ2v) is 3.93. The van der Waals surface area contributed by atoms with Crippen LogP contribution in [0.3, 0.4) is 0 Å². The molecule has 0 spiro atoms. The molecule has 1 N–H and O–H groups in total. The molecule has 1 aromatic heterocycles. The van der Waals surface area contributed by atoms with Gasteiger partial charge in [0.1, 0.15) is 5.82 Å². The molecule has 0 saturated carbocycles. The smallest absolute Gasteiger partial charge is 0.369 e. The maximum absolute atomic E-state index is 11.9. The van der Waals surface area contributed by atoms with Crippen molar-refractivity contribution in [2.24, 2.45) is 0 Å². The van der Waals surface area contributed by atoms with Crippen molar-refractivity contribution < 1.29 is 13.2 Å². The Kier molecular flexibility index (Phi) is 4.72. The summed E-state index contributed by atoms with van der Waals surface area (Å²) in [5.74, 6) is 0.611. The predicted molar refractivity (Wildman–Crippen MR) is 59.9 cm³/mol. The van der Waals surface area contributed by atoms with E-state index in [1.54, 1.807) is 6.20 Å². The Balaban J connectivity index is 2.25. The number of hydrogen-bond donors (Lipinski definition) is 1. The van der Waals surface area contributed by atoms with Gasteiger partial charge in [-0.15, -0.1) is 0 Å². The first-order valence-corrected chi connectivity index (χ1v) is 5.49. The molecule has 1 rings (SSSR count). The van der Waals surface area contributed by atoms with Crippen LogP contribution in [0, 0.1) is 13.8 Å². The second kappa shape index (κ2) is 5.84. The minimum absolute atomic E-state index is 0.134. The molecule has 0 radical (unpaired) electrons. The monoisotopic (exact) mass is 247 g/mol. The zero-order valence-electron chi connectivity index (χ0n) is 9.93. The number of aromatic nitrogens is 2. The van der Waals surface area contributed by atoms with Crippen LogP contribution in [0.15, 0.2) is 6.20 Å². The van der Waals surface area contributed by atoms with E-state index in [0.29, 0.717) is 18.8 Å². The number of halogens is 3. The summed E-state index contributed by atoms with van der Waals surface area (Å²) >= 11 is 0. The lowest BCUT2D eigenvalue weighted by atomic mass is 10.2. The van der Waals surface area contributed by atoms with Crippen LogP contribution in [0.2, 0.25) is 0 Å². The normalized spacial score (nSPS) is 11.6. The van der Waals surface area contributed by atoms with Crippen molar-refractivity contribution in [3.8, 4) is 0 Å². The van der Waals surface area contributed by atoms with E-state index in [4.69, 9.17) is 0 Å². The first kappa shape index (κ1) is 13.7. The van der Waals surface area contributed by atoms with Crippen LogP contribution in [-0.2, 0) is 0 Å². The number of alkyl halides is 3. The summed E-state index contributed by atoms with van der Waals surface area (Å²) in [7, 11) is 0. The highest BCUT2D eigenvalue weighted by atomic mass is 19.4. The number of nitrogens with one attached hydrogen (secondary N) is 1. The van der Waals surface area contributed by atoms with Crippen molar-refractivity contribution in [3.63, 3.8) is 0 Å². The summed E-state index contributed by atoms with van der Waals surface area (Å²) in [4.78, 5) is 8.34. The Labute approximate surface area is 98.5 Å². The van der Waals surface area contributed by atoms with Crippen LogP contribution in [0.5, 0.6) is 0 Å². The minimum atomic E-state index is -4.06. The van der Waals surface area contributed by atoms with Gasteiger partial charge in [0, 0.05) is 13.0 Å². The molecule has 96 valence electrons. The lowest BCUT2D eigenvalue weighted by Gasteiger charge is -2.08. The van der Waals surface area contributed by atoms with Crippen molar-refractivity contribution >= 4 is 5.82 Å². The van der Waals surface area contributed by atoms with Crippen molar-refractivity contribution in [1.82, 2.24) is 9.97 Å². The van der Waals surface area contributed by atoms with Crippen LogP contribution >= 0.6 is 0 Å². The molecular weight excluding hydrogens is 231 g/mol. The van der Waals surface area contributed by atoms with Gasteiger partial charge in [-0.2, -0.15) is 13.2 Å². The summed E-state index contributed by atoms with van der Waals surface area (Å²) in [5.41, 5.74) is 1.68. The third kappa shape index (κ3) is 5.51. The van der Waals surface area contributed by atoms with Crippen LogP contribution in [0.25, 0.3) is 0 Å². The molecule has 0 aliphatic carbocycles. The molecule has 0 unspecified atom stereocenters. The lowest BCUT2D eigenvalue weighted by Crippen LogP contribution is -2.09. The Hall–Kier alpha value is -1.33. The van der Waals surface area contributed by atoms with Crippen molar-refractivity contribution in [3.05, 3.63) is 17.6 Å². The number of anilines is 1. The van der Waals surface area contributed by atoms with Gasteiger partial charge in [0.2, 0.25) is 0 Å². The number of unbranched alkanes of at least 4 members (excludes halogenated alkanes) is 1.